The summed E-state index contributed by atoms with van der Waals surface area (Å²) < 4.78 is 41.0. The van der Waals surface area contributed by atoms with Crippen LogP contribution in [0.1, 0.15) is 50.7 Å². The van der Waals surface area contributed by atoms with Crippen molar-refractivity contribution in [3.8, 4) is 0 Å². The second-order valence-corrected chi connectivity index (χ2v) is 10.7. The average molecular weight is 516 g/mol. The van der Waals surface area contributed by atoms with Gasteiger partial charge in [0.25, 0.3) is 0 Å². The molecule has 0 unspecified atom stereocenters. The minimum absolute atomic E-state index is 0.281. The third-order valence-corrected chi connectivity index (χ3v) is 7.74. The van der Waals surface area contributed by atoms with Crippen molar-refractivity contribution in [2.24, 2.45) is 11.7 Å². The van der Waals surface area contributed by atoms with Crippen molar-refractivity contribution in [1.29, 1.82) is 0 Å². The van der Waals surface area contributed by atoms with E-state index in [1.54, 1.807) is 6.33 Å². The van der Waals surface area contributed by atoms with Crippen molar-refractivity contribution in [3.05, 3.63) is 48.0 Å². The van der Waals surface area contributed by atoms with E-state index in [2.05, 4.69) is 29.3 Å². The van der Waals surface area contributed by atoms with E-state index in [1.807, 2.05) is 13.8 Å². The Bertz CT molecular complexity index is 1260. The molecule has 3 aromatic rings. The third-order valence-electron chi connectivity index (χ3n) is 7.74. The highest BCUT2D eigenvalue weighted by atomic mass is 19.4. The van der Waals surface area contributed by atoms with E-state index in [0.717, 1.165) is 68.7 Å². The van der Waals surface area contributed by atoms with Crippen LogP contribution in [0.2, 0.25) is 0 Å². The fraction of sp³-hybridized carbons (Fsp3) is 0.538. The number of aromatic nitrogens is 4. The summed E-state index contributed by atoms with van der Waals surface area (Å²) in [4.78, 5) is 29.8. The number of imidazole rings is 1. The molecule has 1 aliphatic carbocycles. The lowest BCUT2D eigenvalue weighted by atomic mass is 9.92. The van der Waals surface area contributed by atoms with Gasteiger partial charge in [-0.3, -0.25) is 9.69 Å². The first-order valence-corrected chi connectivity index (χ1v) is 12.7. The van der Waals surface area contributed by atoms with Crippen molar-refractivity contribution in [2.45, 2.75) is 70.4 Å². The molecule has 5 rings (SSSR count). The summed E-state index contributed by atoms with van der Waals surface area (Å²) in [6, 6.07) is 5.59. The van der Waals surface area contributed by atoms with Gasteiger partial charge in [-0.1, -0.05) is 12.1 Å². The molecule has 37 heavy (non-hydrogen) atoms. The summed E-state index contributed by atoms with van der Waals surface area (Å²) >= 11 is 0. The van der Waals surface area contributed by atoms with Gasteiger partial charge in [0.2, 0.25) is 5.91 Å². The molecule has 2 aliphatic rings. The summed E-state index contributed by atoms with van der Waals surface area (Å²) in [5.74, 6) is 0.818. The number of carbonyl (C=O) groups is 1. The van der Waals surface area contributed by atoms with Crippen molar-refractivity contribution in [2.75, 3.05) is 18.0 Å². The van der Waals surface area contributed by atoms with Crippen LogP contribution in [0.4, 0.5) is 19.0 Å². The highest BCUT2D eigenvalue weighted by Gasteiger charge is 2.36. The second kappa shape index (κ2) is 9.59. The smallest absolute Gasteiger partial charge is 0.368 e. The van der Waals surface area contributed by atoms with Crippen LogP contribution >= 0.6 is 0 Å². The number of primary amides is 1. The normalized spacial score (nSPS) is 17.9. The molecular formula is C26H32F3N7O. The van der Waals surface area contributed by atoms with Crippen LogP contribution in [0.15, 0.2) is 36.9 Å². The Morgan fingerprint density at radius 1 is 1.05 bits per heavy atom. The van der Waals surface area contributed by atoms with Gasteiger partial charge in [0.05, 0.1) is 17.4 Å². The standard InChI is InChI=1S/C26H32F3N7O/c1-25(2,24(30)37)35-11-9-18(10-12-35)13-34-16-33-21-22(34)31-15-32-23(21)36(20-7-8-20)14-17-3-5-19(6-4-17)26(27,28)29/h3-6,15-16,18,20H,7-14H2,1-2H3,(H2,30,37). The first-order chi connectivity index (χ1) is 17.5. The van der Waals surface area contributed by atoms with Gasteiger partial charge in [-0.05, 0) is 76.2 Å². The molecule has 2 N–H and O–H groups in total. The Kier molecular flexibility index (Phi) is 6.59. The van der Waals surface area contributed by atoms with Crippen molar-refractivity contribution >= 4 is 22.9 Å². The third kappa shape index (κ3) is 5.27. The van der Waals surface area contributed by atoms with Gasteiger partial charge >= 0.3 is 6.18 Å². The molecule has 11 heteroatoms. The lowest BCUT2D eigenvalue weighted by Gasteiger charge is -2.41. The van der Waals surface area contributed by atoms with Crippen molar-refractivity contribution in [3.63, 3.8) is 0 Å². The van der Waals surface area contributed by atoms with E-state index in [9.17, 15) is 18.0 Å². The Morgan fingerprint density at radius 3 is 2.32 bits per heavy atom. The highest BCUT2D eigenvalue weighted by molar-refractivity contribution is 5.84. The lowest BCUT2D eigenvalue weighted by Crippen LogP contribution is -2.55. The fourth-order valence-electron chi connectivity index (χ4n) is 5.08. The summed E-state index contributed by atoms with van der Waals surface area (Å²) in [6.45, 7) is 6.56. The Hall–Kier alpha value is -3.21. The van der Waals surface area contributed by atoms with Crippen LogP contribution in [-0.4, -0.2) is 55.0 Å². The molecule has 0 spiro atoms. The van der Waals surface area contributed by atoms with E-state index < -0.39 is 17.3 Å². The number of hydrogen-bond acceptors (Lipinski definition) is 6. The molecule has 198 valence electrons. The van der Waals surface area contributed by atoms with Gasteiger partial charge in [0, 0.05) is 19.1 Å². The van der Waals surface area contributed by atoms with Crippen LogP contribution in [0, 0.1) is 5.92 Å². The molecule has 0 radical (unpaired) electrons. The van der Waals surface area contributed by atoms with E-state index in [4.69, 9.17) is 5.73 Å². The zero-order valence-electron chi connectivity index (χ0n) is 21.1. The number of carbonyl (C=O) groups excluding carboxylic acids is 1. The van der Waals surface area contributed by atoms with Gasteiger partial charge in [-0.2, -0.15) is 13.2 Å². The molecule has 1 aromatic carbocycles. The van der Waals surface area contributed by atoms with Gasteiger partial charge in [-0.15, -0.1) is 0 Å². The number of likely N-dealkylation sites (tertiary alicyclic amines) is 1. The van der Waals surface area contributed by atoms with Crippen molar-refractivity contribution in [1.82, 2.24) is 24.4 Å². The molecule has 3 heterocycles. The molecule has 1 saturated carbocycles. The van der Waals surface area contributed by atoms with Crippen LogP contribution in [-0.2, 0) is 24.1 Å². The van der Waals surface area contributed by atoms with Crippen LogP contribution in [0.3, 0.4) is 0 Å². The quantitative estimate of drug-likeness (QED) is 0.488. The lowest BCUT2D eigenvalue weighted by molar-refractivity contribution is -0.137. The maximum Gasteiger partial charge on any atom is 0.416 e. The highest BCUT2D eigenvalue weighted by Crippen LogP contribution is 2.36. The number of rotatable bonds is 8. The van der Waals surface area contributed by atoms with E-state index in [-0.39, 0.29) is 11.9 Å². The maximum absolute atomic E-state index is 13.0. The van der Waals surface area contributed by atoms with Crippen molar-refractivity contribution < 1.29 is 18.0 Å². The number of nitrogens with zero attached hydrogens (tertiary/aromatic N) is 6. The van der Waals surface area contributed by atoms with Gasteiger partial charge < -0.3 is 15.2 Å². The number of amides is 1. The SMILES string of the molecule is CC(C)(C(N)=O)N1CCC(Cn2cnc3c(N(Cc4ccc(C(F)(F)F)cc4)C4CC4)ncnc32)CC1. The predicted octanol–water partition coefficient (Wildman–Crippen LogP) is 3.99. The zero-order valence-corrected chi connectivity index (χ0v) is 21.1. The Balaban J connectivity index is 1.32. The average Bonchev–Trinajstić information content (AvgIpc) is 3.63. The summed E-state index contributed by atoms with van der Waals surface area (Å²) in [5.41, 5.74) is 6.52. The number of piperidine rings is 1. The molecule has 0 bridgehead atoms. The number of benzene rings is 1. The Morgan fingerprint density at radius 2 is 1.73 bits per heavy atom. The van der Waals surface area contributed by atoms with E-state index in [1.165, 1.54) is 18.5 Å². The molecule has 1 saturated heterocycles. The zero-order chi connectivity index (χ0) is 26.4. The number of nitrogens with two attached hydrogens (primary N) is 1. The van der Waals surface area contributed by atoms with E-state index in [0.29, 0.717) is 23.8 Å². The minimum Gasteiger partial charge on any atom is -0.368 e. The first kappa shape index (κ1) is 25.4. The number of hydrogen-bond donors (Lipinski definition) is 1. The number of anilines is 1. The predicted molar refractivity (Wildman–Crippen MR) is 134 cm³/mol. The number of halogens is 3. The number of alkyl halides is 3. The molecule has 2 fully saturated rings. The monoisotopic (exact) mass is 515 g/mol. The molecule has 2 aromatic heterocycles. The topological polar surface area (TPSA) is 93.2 Å². The maximum atomic E-state index is 13.0. The summed E-state index contributed by atoms with van der Waals surface area (Å²) in [7, 11) is 0. The minimum atomic E-state index is -4.35. The second-order valence-electron chi connectivity index (χ2n) is 10.7. The number of fused-ring (bicyclic) bond motifs is 1. The van der Waals surface area contributed by atoms with Gasteiger partial charge in [0.15, 0.2) is 17.0 Å². The van der Waals surface area contributed by atoms with Crippen LogP contribution in [0.25, 0.3) is 11.2 Å². The molecule has 8 nitrogen and oxygen atoms in total. The fourth-order valence-corrected chi connectivity index (χ4v) is 5.08. The summed E-state index contributed by atoms with van der Waals surface area (Å²) in [5, 5.41) is 0. The first-order valence-electron chi connectivity index (χ1n) is 12.7. The molecule has 1 aliphatic heterocycles. The van der Waals surface area contributed by atoms with Gasteiger partial charge in [-0.25, -0.2) is 15.0 Å². The van der Waals surface area contributed by atoms with E-state index >= 15 is 0 Å². The van der Waals surface area contributed by atoms with Crippen LogP contribution < -0.4 is 10.6 Å². The Labute approximate surface area is 213 Å². The van der Waals surface area contributed by atoms with Crippen LogP contribution in [0.5, 0.6) is 0 Å². The largest absolute Gasteiger partial charge is 0.416 e. The molecule has 1 amide bonds. The molecular weight excluding hydrogens is 483 g/mol. The molecule has 0 atom stereocenters. The van der Waals surface area contributed by atoms with Gasteiger partial charge in [0.1, 0.15) is 6.33 Å². The summed E-state index contributed by atoms with van der Waals surface area (Å²) in [6.07, 6.45) is 2.88.